The first-order chi connectivity index (χ1) is 6.47. The molecular formula is C12H13N. The van der Waals surface area contributed by atoms with Gasteiger partial charge in [-0.15, -0.1) is 0 Å². The Kier molecular flexibility index (Phi) is 2.56. The van der Waals surface area contributed by atoms with E-state index in [1.165, 1.54) is 12.0 Å². The molecule has 1 aromatic rings. The van der Waals surface area contributed by atoms with E-state index in [1.807, 2.05) is 12.3 Å². The van der Waals surface area contributed by atoms with Crippen molar-refractivity contribution < 1.29 is 0 Å². The first-order valence-corrected chi connectivity index (χ1v) is 4.75. The molecule has 0 bridgehead atoms. The SMILES string of the molecule is C1=NC(c2ccccc2)=CCCC1. The van der Waals surface area contributed by atoms with E-state index >= 15 is 0 Å². The Labute approximate surface area is 78.8 Å². The highest BCUT2D eigenvalue weighted by Gasteiger charge is 1.99. The monoisotopic (exact) mass is 171 g/mol. The summed E-state index contributed by atoms with van der Waals surface area (Å²) in [5.41, 5.74) is 2.35. The molecule has 2 rings (SSSR count). The van der Waals surface area contributed by atoms with Crippen molar-refractivity contribution in [2.24, 2.45) is 4.99 Å². The summed E-state index contributed by atoms with van der Waals surface area (Å²) in [6.07, 6.45) is 7.71. The largest absolute Gasteiger partial charge is 0.261 e. The molecular weight excluding hydrogens is 158 g/mol. The second kappa shape index (κ2) is 4.04. The van der Waals surface area contributed by atoms with Gasteiger partial charge in [-0.05, 0) is 24.8 Å². The number of aliphatic imine (C=N–C) groups is 1. The van der Waals surface area contributed by atoms with Crippen molar-refractivity contribution in [1.82, 2.24) is 0 Å². The van der Waals surface area contributed by atoms with Gasteiger partial charge in [0.15, 0.2) is 0 Å². The van der Waals surface area contributed by atoms with Gasteiger partial charge in [0.1, 0.15) is 0 Å². The number of allylic oxidation sites excluding steroid dienone is 1. The molecule has 0 atom stereocenters. The van der Waals surface area contributed by atoms with Crippen molar-refractivity contribution in [2.45, 2.75) is 19.3 Å². The third-order valence-corrected chi connectivity index (χ3v) is 2.17. The van der Waals surface area contributed by atoms with Crippen molar-refractivity contribution >= 4 is 11.9 Å². The number of hydrogen-bond acceptors (Lipinski definition) is 1. The molecule has 66 valence electrons. The van der Waals surface area contributed by atoms with Gasteiger partial charge in [-0.25, -0.2) is 0 Å². The molecule has 1 heterocycles. The van der Waals surface area contributed by atoms with E-state index in [-0.39, 0.29) is 0 Å². The molecule has 0 N–H and O–H groups in total. The van der Waals surface area contributed by atoms with Crippen molar-refractivity contribution in [1.29, 1.82) is 0 Å². The van der Waals surface area contributed by atoms with Crippen LogP contribution in [0.5, 0.6) is 0 Å². The molecule has 0 spiro atoms. The molecule has 1 aliphatic heterocycles. The molecule has 0 fully saturated rings. The van der Waals surface area contributed by atoms with Gasteiger partial charge in [0, 0.05) is 6.21 Å². The first-order valence-electron chi connectivity index (χ1n) is 4.75. The predicted octanol–water partition coefficient (Wildman–Crippen LogP) is 3.28. The fraction of sp³-hybridized carbons (Fsp3) is 0.250. The second-order valence-corrected chi connectivity index (χ2v) is 3.20. The summed E-state index contributed by atoms with van der Waals surface area (Å²) in [5, 5.41) is 0. The molecule has 1 heteroatoms. The Morgan fingerprint density at radius 1 is 1.00 bits per heavy atom. The maximum Gasteiger partial charge on any atom is 0.0658 e. The molecule has 0 saturated carbocycles. The average molecular weight is 171 g/mol. The topological polar surface area (TPSA) is 12.4 Å². The lowest BCUT2D eigenvalue weighted by Gasteiger charge is -1.99. The van der Waals surface area contributed by atoms with Crippen molar-refractivity contribution in [3.05, 3.63) is 42.0 Å². The molecule has 0 aliphatic carbocycles. The molecule has 0 unspecified atom stereocenters. The fourth-order valence-electron chi connectivity index (χ4n) is 1.46. The zero-order valence-electron chi connectivity index (χ0n) is 7.61. The maximum atomic E-state index is 4.43. The first kappa shape index (κ1) is 8.24. The summed E-state index contributed by atoms with van der Waals surface area (Å²) in [6, 6.07) is 10.3. The molecule has 1 aromatic carbocycles. The van der Waals surface area contributed by atoms with Gasteiger partial charge in [-0.2, -0.15) is 0 Å². The minimum Gasteiger partial charge on any atom is -0.261 e. The van der Waals surface area contributed by atoms with Crippen LogP contribution in [0.1, 0.15) is 24.8 Å². The summed E-state index contributed by atoms with van der Waals surface area (Å²) in [5.74, 6) is 0. The number of rotatable bonds is 1. The Balaban J connectivity index is 2.29. The molecule has 0 amide bonds. The second-order valence-electron chi connectivity index (χ2n) is 3.20. The lowest BCUT2D eigenvalue weighted by atomic mass is 10.1. The Morgan fingerprint density at radius 3 is 2.69 bits per heavy atom. The lowest BCUT2D eigenvalue weighted by Crippen LogP contribution is -1.79. The molecule has 0 saturated heterocycles. The van der Waals surface area contributed by atoms with Gasteiger partial charge in [-0.1, -0.05) is 36.4 Å². The Hall–Kier alpha value is -1.37. The lowest BCUT2D eigenvalue weighted by molar-refractivity contribution is 0.912. The van der Waals surface area contributed by atoms with Crippen molar-refractivity contribution in [2.75, 3.05) is 0 Å². The molecule has 0 aromatic heterocycles. The standard InChI is InChI=1S/C12H13N/c1-3-7-11(8-4-1)12-9-5-2-6-10-13-12/h1,3-4,7-10H,2,5-6H2. The van der Waals surface area contributed by atoms with Crippen LogP contribution in [-0.4, -0.2) is 6.21 Å². The van der Waals surface area contributed by atoms with Crippen LogP contribution in [0.2, 0.25) is 0 Å². The fourth-order valence-corrected chi connectivity index (χ4v) is 1.46. The highest BCUT2D eigenvalue weighted by atomic mass is 14.7. The zero-order valence-corrected chi connectivity index (χ0v) is 7.61. The summed E-state index contributed by atoms with van der Waals surface area (Å²) < 4.78 is 0. The van der Waals surface area contributed by atoms with Gasteiger partial charge in [0.05, 0.1) is 5.70 Å². The maximum absolute atomic E-state index is 4.43. The van der Waals surface area contributed by atoms with Crippen LogP contribution in [0.25, 0.3) is 5.70 Å². The Bertz CT molecular complexity index is 322. The van der Waals surface area contributed by atoms with E-state index in [0.29, 0.717) is 0 Å². The zero-order chi connectivity index (χ0) is 8.93. The van der Waals surface area contributed by atoms with Crippen LogP contribution >= 0.6 is 0 Å². The van der Waals surface area contributed by atoms with Crippen LogP contribution in [0.4, 0.5) is 0 Å². The van der Waals surface area contributed by atoms with Crippen LogP contribution in [0, 0.1) is 0 Å². The summed E-state index contributed by atoms with van der Waals surface area (Å²) in [6.45, 7) is 0. The summed E-state index contributed by atoms with van der Waals surface area (Å²) >= 11 is 0. The van der Waals surface area contributed by atoms with E-state index in [4.69, 9.17) is 0 Å². The highest BCUT2D eigenvalue weighted by Crippen LogP contribution is 2.18. The number of nitrogens with zero attached hydrogens (tertiary/aromatic N) is 1. The number of hydrogen-bond donors (Lipinski definition) is 0. The van der Waals surface area contributed by atoms with E-state index in [1.54, 1.807) is 0 Å². The molecule has 1 nitrogen and oxygen atoms in total. The van der Waals surface area contributed by atoms with Crippen molar-refractivity contribution in [3.63, 3.8) is 0 Å². The van der Waals surface area contributed by atoms with E-state index < -0.39 is 0 Å². The summed E-state index contributed by atoms with van der Waals surface area (Å²) in [4.78, 5) is 4.43. The third kappa shape index (κ3) is 2.05. The summed E-state index contributed by atoms with van der Waals surface area (Å²) in [7, 11) is 0. The number of benzene rings is 1. The Morgan fingerprint density at radius 2 is 1.85 bits per heavy atom. The normalized spacial score (nSPS) is 16.5. The molecule has 13 heavy (non-hydrogen) atoms. The third-order valence-electron chi connectivity index (χ3n) is 2.17. The molecule has 0 radical (unpaired) electrons. The minimum absolute atomic E-state index is 1.10. The quantitative estimate of drug-likeness (QED) is 0.615. The van der Waals surface area contributed by atoms with Crippen LogP contribution in [0.15, 0.2) is 41.4 Å². The van der Waals surface area contributed by atoms with E-state index in [2.05, 4.69) is 35.3 Å². The van der Waals surface area contributed by atoms with E-state index in [0.717, 1.165) is 18.5 Å². The molecule has 1 aliphatic rings. The van der Waals surface area contributed by atoms with Crippen LogP contribution in [0.3, 0.4) is 0 Å². The van der Waals surface area contributed by atoms with Gasteiger partial charge in [0.2, 0.25) is 0 Å². The van der Waals surface area contributed by atoms with Gasteiger partial charge in [0.25, 0.3) is 0 Å². The predicted molar refractivity (Wildman–Crippen MR) is 56.8 cm³/mol. The smallest absolute Gasteiger partial charge is 0.0658 e. The minimum atomic E-state index is 1.10. The highest BCUT2D eigenvalue weighted by molar-refractivity contribution is 5.74. The van der Waals surface area contributed by atoms with Gasteiger partial charge >= 0.3 is 0 Å². The van der Waals surface area contributed by atoms with Crippen LogP contribution in [-0.2, 0) is 0 Å². The van der Waals surface area contributed by atoms with Crippen molar-refractivity contribution in [3.8, 4) is 0 Å². The van der Waals surface area contributed by atoms with Gasteiger partial charge < -0.3 is 0 Å². The van der Waals surface area contributed by atoms with E-state index in [9.17, 15) is 0 Å². The average Bonchev–Trinajstić information content (AvgIpc) is 2.47. The van der Waals surface area contributed by atoms with Crippen LogP contribution < -0.4 is 0 Å². The van der Waals surface area contributed by atoms with Gasteiger partial charge in [-0.3, -0.25) is 4.99 Å².